The van der Waals surface area contributed by atoms with E-state index in [1.54, 1.807) is 0 Å². The molecule has 0 bridgehead atoms. The number of rotatable bonds is 5. The van der Waals surface area contributed by atoms with Crippen LogP contribution in [0.2, 0.25) is 0 Å². The number of aromatic nitrogens is 1. The summed E-state index contributed by atoms with van der Waals surface area (Å²) in [6.07, 6.45) is 3.20. The first-order valence-corrected chi connectivity index (χ1v) is 9.80. The fraction of sp³-hybridized carbons (Fsp3) is 0.381. The monoisotopic (exact) mass is 482 g/mol. The second kappa shape index (κ2) is 9.24. The van der Waals surface area contributed by atoms with Crippen LogP contribution >= 0.6 is 11.8 Å². The van der Waals surface area contributed by atoms with Crippen molar-refractivity contribution < 1.29 is 33.7 Å². The Morgan fingerprint density at radius 1 is 1.15 bits per heavy atom. The zero-order valence-corrected chi connectivity index (χ0v) is 18.8. The van der Waals surface area contributed by atoms with E-state index in [2.05, 4.69) is 79.6 Å². The highest BCUT2D eigenvalue weighted by molar-refractivity contribution is 8.03. The van der Waals surface area contributed by atoms with Gasteiger partial charge in [-0.05, 0) is 30.7 Å². The van der Waals surface area contributed by atoms with E-state index in [1.807, 2.05) is 11.8 Å². The number of aryl methyl sites for hydroxylation is 2. The van der Waals surface area contributed by atoms with Gasteiger partial charge in [-0.15, -0.1) is 0 Å². The number of aliphatic hydroxyl groups is 1. The molecule has 1 aromatic carbocycles. The molecular weight excluding hydrogens is 455 g/mol. The molecule has 1 N–H and O–H groups in total. The molecule has 5 heteroatoms. The molecular formula is C21H27IN2OS. The van der Waals surface area contributed by atoms with Crippen LogP contribution in [0.25, 0.3) is 6.08 Å². The highest BCUT2D eigenvalue weighted by Crippen LogP contribution is 2.46. The highest BCUT2D eigenvalue weighted by Gasteiger charge is 2.25. The number of benzene rings is 1. The summed E-state index contributed by atoms with van der Waals surface area (Å²) in [5.74, 6) is 0. The Balaban J connectivity index is 0.00000243. The van der Waals surface area contributed by atoms with Crippen molar-refractivity contribution in [2.45, 2.75) is 45.1 Å². The van der Waals surface area contributed by atoms with E-state index >= 15 is 0 Å². The Labute approximate surface area is 178 Å². The van der Waals surface area contributed by atoms with Crippen molar-refractivity contribution >= 4 is 23.5 Å². The molecule has 0 spiro atoms. The zero-order chi connectivity index (χ0) is 18.0. The van der Waals surface area contributed by atoms with Crippen molar-refractivity contribution in [2.75, 3.05) is 18.1 Å². The van der Waals surface area contributed by atoms with Gasteiger partial charge in [0.05, 0.1) is 10.7 Å². The lowest BCUT2D eigenvalue weighted by Crippen LogP contribution is -3.00. The van der Waals surface area contributed by atoms with Crippen LogP contribution in [0.15, 0.2) is 46.3 Å². The first-order chi connectivity index (χ1) is 12.1. The molecule has 0 saturated carbocycles. The molecule has 1 aliphatic heterocycles. The first-order valence-electron chi connectivity index (χ1n) is 8.98. The minimum Gasteiger partial charge on any atom is -1.00 e. The third kappa shape index (κ3) is 4.10. The summed E-state index contributed by atoms with van der Waals surface area (Å²) in [7, 11) is 0. The zero-order valence-electron chi connectivity index (χ0n) is 15.9. The molecule has 1 aliphatic rings. The van der Waals surface area contributed by atoms with Gasteiger partial charge < -0.3 is 34.0 Å². The summed E-state index contributed by atoms with van der Waals surface area (Å²) < 4.78 is 2.25. The second-order valence-corrected chi connectivity index (χ2v) is 7.54. The van der Waals surface area contributed by atoms with Gasteiger partial charge in [0.25, 0.3) is 0 Å². The Morgan fingerprint density at radius 2 is 1.81 bits per heavy atom. The SMILES string of the molecule is CCC(CO)[n+]1c(C)cc(/C=C2\Sc3ccccc3N2CC)cc1C.[I-]. The Hall–Kier alpha value is -1.05. The minimum atomic E-state index is 0. The summed E-state index contributed by atoms with van der Waals surface area (Å²) in [4.78, 5) is 3.69. The molecule has 1 atom stereocenters. The van der Waals surface area contributed by atoms with Crippen molar-refractivity contribution in [3.63, 3.8) is 0 Å². The fourth-order valence-electron chi connectivity index (χ4n) is 3.62. The third-order valence-electron chi connectivity index (χ3n) is 4.80. The van der Waals surface area contributed by atoms with Gasteiger partial charge in [-0.2, -0.15) is 4.57 Å². The van der Waals surface area contributed by atoms with Crippen LogP contribution in [-0.4, -0.2) is 18.3 Å². The summed E-state index contributed by atoms with van der Waals surface area (Å²) in [5.41, 5.74) is 4.90. The molecule has 2 heterocycles. The molecule has 0 radical (unpaired) electrons. The van der Waals surface area contributed by atoms with Gasteiger partial charge in [-0.1, -0.05) is 30.8 Å². The van der Waals surface area contributed by atoms with Crippen LogP contribution in [0, 0.1) is 13.8 Å². The molecule has 2 aromatic rings. The van der Waals surface area contributed by atoms with Gasteiger partial charge in [0.2, 0.25) is 0 Å². The Bertz CT molecular complexity index is 779. The predicted octanol–water partition coefficient (Wildman–Crippen LogP) is 1.47. The third-order valence-corrected chi connectivity index (χ3v) is 5.91. The Morgan fingerprint density at radius 3 is 2.38 bits per heavy atom. The number of halogens is 1. The number of nitrogens with zero attached hydrogens (tertiary/aromatic N) is 2. The molecule has 26 heavy (non-hydrogen) atoms. The Kier molecular flexibility index (Phi) is 7.55. The lowest BCUT2D eigenvalue weighted by atomic mass is 10.1. The maximum Gasteiger partial charge on any atom is 0.181 e. The van der Waals surface area contributed by atoms with Crippen LogP contribution in [-0.2, 0) is 0 Å². The molecule has 0 saturated heterocycles. The van der Waals surface area contributed by atoms with Crippen molar-refractivity contribution in [1.82, 2.24) is 0 Å². The van der Waals surface area contributed by atoms with Gasteiger partial charge in [0.15, 0.2) is 17.4 Å². The van der Waals surface area contributed by atoms with Crippen LogP contribution in [0.3, 0.4) is 0 Å². The normalized spacial score (nSPS) is 15.7. The van der Waals surface area contributed by atoms with E-state index in [4.69, 9.17) is 0 Å². The number of anilines is 1. The van der Waals surface area contributed by atoms with E-state index in [1.165, 1.54) is 32.6 Å². The van der Waals surface area contributed by atoms with E-state index in [0.29, 0.717) is 0 Å². The second-order valence-electron chi connectivity index (χ2n) is 6.48. The average molecular weight is 482 g/mol. The smallest absolute Gasteiger partial charge is 0.181 e. The van der Waals surface area contributed by atoms with Gasteiger partial charge >= 0.3 is 0 Å². The number of aliphatic hydroxyl groups excluding tert-OH is 1. The number of para-hydroxylation sites is 1. The van der Waals surface area contributed by atoms with Gasteiger partial charge in [0.1, 0.15) is 6.61 Å². The molecule has 1 aromatic heterocycles. The summed E-state index contributed by atoms with van der Waals surface area (Å²) in [5, 5.41) is 10.9. The van der Waals surface area contributed by atoms with E-state index in [0.717, 1.165) is 13.0 Å². The first kappa shape index (κ1) is 21.3. The topological polar surface area (TPSA) is 27.4 Å². The number of hydrogen-bond donors (Lipinski definition) is 1. The van der Waals surface area contributed by atoms with Crippen LogP contribution < -0.4 is 33.4 Å². The fourth-order valence-corrected chi connectivity index (χ4v) is 4.81. The van der Waals surface area contributed by atoms with Gasteiger partial charge in [0, 0.05) is 43.8 Å². The lowest BCUT2D eigenvalue weighted by Gasteiger charge is -2.18. The lowest BCUT2D eigenvalue weighted by molar-refractivity contribution is -0.735. The maximum atomic E-state index is 9.65. The van der Waals surface area contributed by atoms with Crippen molar-refractivity contribution in [3.05, 3.63) is 58.4 Å². The number of pyridine rings is 1. The largest absolute Gasteiger partial charge is 1.00 e. The quantitative estimate of drug-likeness (QED) is 0.517. The van der Waals surface area contributed by atoms with Crippen LogP contribution in [0.1, 0.15) is 43.3 Å². The predicted molar refractivity (Wildman–Crippen MR) is 106 cm³/mol. The summed E-state index contributed by atoms with van der Waals surface area (Å²) >= 11 is 1.84. The highest BCUT2D eigenvalue weighted by atomic mass is 127. The summed E-state index contributed by atoms with van der Waals surface area (Å²) in [6.45, 7) is 9.71. The molecule has 0 aliphatic carbocycles. The molecule has 0 fully saturated rings. The van der Waals surface area contributed by atoms with Crippen LogP contribution in [0.4, 0.5) is 5.69 Å². The molecule has 0 amide bonds. The average Bonchev–Trinajstić information content (AvgIpc) is 2.95. The number of hydrogen-bond acceptors (Lipinski definition) is 3. The standard InChI is InChI=1S/C21H27N2OS.HI/c1-5-18(14-24)23-15(3)11-17(12-16(23)4)13-21-22(6-2)19-9-7-8-10-20(19)25-21;/h7-13,18,24H,5-6,14H2,1-4H3;1H/q+1;/p-1. The molecule has 140 valence electrons. The van der Waals surface area contributed by atoms with Crippen molar-refractivity contribution in [1.29, 1.82) is 0 Å². The van der Waals surface area contributed by atoms with Gasteiger partial charge in [-0.25, -0.2) is 0 Å². The minimum absolute atomic E-state index is 0. The molecule has 3 nitrogen and oxygen atoms in total. The van der Waals surface area contributed by atoms with Crippen molar-refractivity contribution in [2.24, 2.45) is 0 Å². The van der Waals surface area contributed by atoms with E-state index in [9.17, 15) is 5.11 Å². The number of fused-ring (bicyclic) bond motifs is 1. The summed E-state index contributed by atoms with van der Waals surface area (Å²) in [6, 6.07) is 13.2. The van der Waals surface area contributed by atoms with E-state index < -0.39 is 0 Å². The number of thioether (sulfide) groups is 1. The van der Waals surface area contributed by atoms with E-state index in [-0.39, 0.29) is 36.6 Å². The van der Waals surface area contributed by atoms with Gasteiger partial charge in [-0.3, -0.25) is 0 Å². The van der Waals surface area contributed by atoms with Crippen molar-refractivity contribution in [3.8, 4) is 0 Å². The molecule has 3 rings (SSSR count). The van der Waals surface area contributed by atoms with Crippen LogP contribution in [0.5, 0.6) is 0 Å². The molecule has 1 unspecified atom stereocenters. The maximum absolute atomic E-state index is 9.65.